The molecule has 0 radical (unpaired) electrons. The fourth-order valence-electron chi connectivity index (χ4n) is 1.02. The second-order valence-electron chi connectivity index (χ2n) is 2.43. The van der Waals surface area contributed by atoms with E-state index in [0.717, 1.165) is 0 Å². The fourth-order valence-corrected chi connectivity index (χ4v) is 1.02. The highest BCUT2D eigenvalue weighted by Crippen LogP contribution is 2.13. The van der Waals surface area contributed by atoms with Gasteiger partial charge in [0.25, 0.3) is 0 Å². The summed E-state index contributed by atoms with van der Waals surface area (Å²) in [6, 6.07) is 0. The Bertz CT molecular complexity index is 315. The Morgan fingerprint density at radius 2 is 2.58 bits per heavy atom. The summed E-state index contributed by atoms with van der Waals surface area (Å²) in [7, 11) is 0. The van der Waals surface area contributed by atoms with Crippen molar-refractivity contribution in [2.24, 2.45) is 0 Å². The Balaban J connectivity index is 2.20. The van der Waals surface area contributed by atoms with E-state index in [1.54, 1.807) is 0 Å². The molecule has 1 aromatic rings. The van der Waals surface area contributed by atoms with Crippen LogP contribution in [0.15, 0.2) is 18.2 Å². The molecular weight excluding hydrogens is 158 g/mol. The maximum Gasteiger partial charge on any atom is 0.228 e. The quantitative estimate of drug-likeness (QED) is 0.639. The summed E-state index contributed by atoms with van der Waals surface area (Å²) in [5, 5.41) is 6.10. The molecule has 2 heterocycles. The van der Waals surface area contributed by atoms with Gasteiger partial charge in [0.05, 0.1) is 12.9 Å². The summed E-state index contributed by atoms with van der Waals surface area (Å²) in [5.74, 6) is 0.136. The first-order valence-electron chi connectivity index (χ1n) is 3.58. The van der Waals surface area contributed by atoms with Gasteiger partial charge in [-0.3, -0.25) is 9.89 Å². The van der Waals surface area contributed by atoms with Crippen molar-refractivity contribution in [1.29, 1.82) is 0 Å². The summed E-state index contributed by atoms with van der Waals surface area (Å²) < 4.78 is 4.93. The van der Waals surface area contributed by atoms with Gasteiger partial charge in [-0.1, -0.05) is 0 Å². The standard InChI is InChI=1S/C7H7N3O2/c11-6(5-1-2-12-3-5)7-8-4-9-10-7/h3-4H,1-2H2,(H,8,9,10). The molecule has 62 valence electrons. The van der Waals surface area contributed by atoms with Gasteiger partial charge in [-0.2, -0.15) is 5.10 Å². The van der Waals surface area contributed by atoms with E-state index in [4.69, 9.17) is 4.74 Å². The second kappa shape index (κ2) is 2.77. The lowest BCUT2D eigenvalue weighted by Gasteiger charge is -1.91. The average Bonchev–Trinajstić information content (AvgIpc) is 2.77. The van der Waals surface area contributed by atoms with Crippen LogP contribution in [0.25, 0.3) is 0 Å². The van der Waals surface area contributed by atoms with E-state index >= 15 is 0 Å². The first-order chi connectivity index (χ1) is 5.88. The van der Waals surface area contributed by atoms with E-state index in [0.29, 0.717) is 18.6 Å². The molecule has 0 spiro atoms. The minimum Gasteiger partial charge on any atom is -0.500 e. The zero-order chi connectivity index (χ0) is 8.39. The van der Waals surface area contributed by atoms with Crippen molar-refractivity contribution in [2.75, 3.05) is 6.61 Å². The number of hydrogen-bond donors (Lipinski definition) is 1. The Hall–Kier alpha value is -1.65. The predicted molar refractivity (Wildman–Crippen MR) is 39.4 cm³/mol. The predicted octanol–water partition coefficient (Wildman–Crippen LogP) is 0.292. The van der Waals surface area contributed by atoms with Crippen LogP contribution in [0.1, 0.15) is 17.0 Å². The fraction of sp³-hybridized carbons (Fsp3) is 0.286. The van der Waals surface area contributed by atoms with Crippen molar-refractivity contribution in [2.45, 2.75) is 6.42 Å². The van der Waals surface area contributed by atoms with Gasteiger partial charge in [-0.05, 0) is 0 Å². The van der Waals surface area contributed by atoms with Crippen LogP contribution >= 0.6 is 0 Å². The maximum atomic E-state index is 11.4. The van der Waals surface area contributed by atoms with Crippen molar-refractivity contribution < 1.29 is 9.53 Å². The van der Waals surface area contributed by atoms with Crippen molar-refractivity contribution in [3.63, 3.8) is 0 Å². The normalized spacial score (nSPS) is 15.5. The summed E-state index contributed by atoms with van der Waals surface area (Å²) in [6.45, 7) is 0.579. The van der Waals surface area contributed by atoms with Gasteiger partial charge in [0.15, 0.2) is 5.82 Å². The number of rotatable bonds is 2. The molecule has 2 rings (SSSR count). The number of aromatic amines is 1. The maximum absolute atomic E-state index is 11.4. The highest BCUT2D eigenvalue weighted by molar-refractivity contribution is 6.06. The largest absolute Gasteiger partial charge is 0.500 e. The van der Waals surface area contributed by atoms with Crippen LogP contribution in [0, 0.1) is 0 Å². The molecule has 0 aliphatic carbocycles. The van der Waals surface area contributed by atoms with E-state index in [1.165, 1.54) is 12.6 Å². The Labute approximate surface area is 68.5 Å². The number of carbonyl (C=O) groups excluding carboxylic acids is 1. The number of carbonyl (C=O) groups is 1. The molecule has 1 N–H and O–H groups in total. The first kappa shape index (κ1) is 7.02. The molecule has 0 atom stereocenters. The lowest BCUT2D eigenvalue weighted by Crippen LogP contribution is -2.04. The zero-order valence-electron chi connectivity index (χ0n) is 6.28. The Morgan fingerprint density at radius 1 is 1.67 bits per heavy atom. The van der Waals surface area contributed by atoms with Gasteiger partial charge in [0, 0.05) is 12.0 Å². The molecule has 0 unspecified atom stereocenters. The summed E-state index contributed by atoms with van der Waals surface area (Å²) in [4.78, 5) is 15.2. The molecule has 0 amide bonds. The van der Waals surface area contributed by atoms with Crippen molar-refractivity contribution in [3.05, 3.63) is 24.0 Å². The number of nitrogens with one attached hydrogen (secondary N) is 1. The van der Waals surface area contributed by atoms with Crippen molar-refractivity contribution in [3.8, 4) is 0 Å². The molecule has 1 aromatic heterocycles. The third-order valence-corrected chi connectivity index (χ3v) is 1.64. The SMILES string of the molecule is O=C(C1=COCC1)c1ncn[nH]1. The monoisotopic (exact) mass is 165 g/mol. The van der Waals surface area contributed by atoms with Crippen LogP contribution in [-0.2, 0) is 4.74 Å². The number of ketones is 1. The topological polar surface area (TPSA) is 67.9 Å². The van der Waals surface area contributed by atoms with Crippen LogP contribution in [0.5, 0.6) is 0 Å². The van der Waals surface area contributed by atoms with Crippen LogP contribution in [0.2, 0.25) is 0 Å². The van der Waals surface area contributed by atoms with E-state index in [9.17, 15) is 4.79 Å². The molecule has 5 nitrogen and oxygen atoms in total. The van der Waals surface area contributed by atoms with Gasteiger partial charge < -0.3 is 4.74 Å². The number of aromatic nitrogens is 3. The number of hydrogen-bond acceptors (Lipinski definition) is 4. The number of Topliss-reactive ketones (excluding diaryl/α,β-unsaturated/α-hetero) is 1. The van der Waals surface area contributed by atoms with Crippen molar-refractivity contribution in [1.82, 2.24) is 15.2 Å². The van der Waals surface area contributed by atoms with E-state index < -0.39 is 0 Å². The Kier molecular flexibility index (Phi) is 1.62. The molecule has 5 heteroatoms. The van der Waals surface area contributed by atoms with Crippen molar-refractivity contribution >= 4 is 5.78 Å². The molecule has 0 aromatic carbocycles. The van der Waals surface area contributed by atoms with Gasteiger partial charge in [-0.15, -0.1) is 0 Å². The number of nitrogens with zero attached hydrogens (tertiary/aromatic N) is 2. The third kappa shape index (κ3) is 1.09. The third-order valence-electron chi connectivity index (χ3n) is 1.64. The highest BCUT2D eigenvalue weighted by atomic mass is 16.5. The lowest BCUT2D eigenvalue weighted by atomic mass is 10.1. The number of H-pyrrole nitrogens is 1. The molecule has 1 aliphatic heterocycles. The van der Waals surface area contributed by atoms with Gasteiger partial charge >= 0.3 is 0 Å². The molecule has 0 bridgehead atoms. The summed E-state index contributed by atoms with van der Waals surface area (Å²) >= 11 is 0. The average molecular weight is 165 g/mol. The van der Waals surface area contributed by atoms with Gasteiger partial charge in [0.2, 0.25) is 5.78 Å². The van der Waals surface area contributed by atoms with E-state index in [1.807, 2.05) is 0 Å². The van der Waals surface area contributed by atoms with Gasteiger partial charge in [0.1, 0.15) is 6.33 Å². The summed E-state index contributed by atoms with van der Waals surface area (Å²) in [6.07, 6.45) is 3.44. The zero-order valence-corrected chi connectivity index (χ0v) is 6.28. The van der Waals surface area contributed by atoms with E-state index in [-0.39, 0.29) is 11.6 Å². The lowest BCUT2D eigenvalue weighted by molar-refractivity contribution is 0.102. The highest BCUT2D eigenvalue weighted by Gasteiger charge is 2.18. The molecule has 0 fully saturated rings. The number of ether oxygens (including phenoxy) is 1. The molecular formula is C7H7N3O2. The van der Waals surface area contributed by atoms with E-state index in [2.05, 4.69) is 15.2 Å². The van der Waals surface area contributed by atoms with Crippen LogP contribution in [0.3, 0.4) is 0 Å². The first-order valence-corrected chi connectivity index (χ1v) is 3.58. The minimum absolute atomic E-state index is 0.134. The van der Waals surface area contributed by atoms with Crippen LogP contribution < -0.4 is 0 Å². The van der Waals surface area contributed by atoms with Gasteiger partial charge in [-0.25, -0.2) is 4.98 Å². The molecule has 1 aliphatic rings. The summed E-state index contributed by atoms with van der Waals surface area (Å²) in [5.41, 5.74) is 0.645. The Morgan fingerprint density at radius 3 is 3.17 bits per heavy atom. The van der Waals surface area contributed by atoms with Crippen LogP contribution in [-0.4, -0.2) is 27.6 Å². The molecule has 0 saturated carbocycles. The smallest absolute Gasteiger partial charge is 0.228 e. The minimum atomic E-state index is -0.134. The second-order valence-corrected chi connectivity index (χ2v) is 2.43. The van der Waals surface area contributed by atoms with Crippen LogP contribution in [0.4, 0.5) is 0 Å². The molecule has 0 saturated heterocycles. The molecule has 12 heavy (non-hydrogen) atoms.